The molecule has 16 heavy (non-hydrogen) atoms. The number of allylic oxidation sites excluding steroid dienone is 3. The van der Waals surface area contributed by atoms with Gasteiger partial charge in [0.15, 0.2) is 0 Å². The van der Waals surface area contributed by atoms with Gasteiger partial charge in [0.2, 0.25) is 0 Å². The van der Waals surface area contributed by atoms with Crippen LogP contribution in [-0.2, 0) is 0 Å². The van der Waals surface area contributed by atoms with Gasteiger partial charge in [-0.1, -0.05) is 0 Å². The van der Waals surface area contributed by atoms with Crippen LogP contribution in [0, 0.1) is 22.7 Å². The fourth-order valence-electron chi connectivity index (χ4n) is 1.09. The largest absolute Gasteiger partial charge is 0.464 e. The van der Waals surface area contributed by atoms with E-state index >= 15 is 0 Å². The number of nitrogens with zero attached hydrogens (tertiary/aromatic N) is 3. The van der Waals surface area contributed by atoms with Gasteiger partial charge in [-0.15, -0.1) is 0 Å². The highest BCUT2D eigenvalue weighted by atomic mass is 16.3. The van der Waals surface area contributed by atoms with Crippen LogP contribution in [0.2, 0.25) is 0 Å². The molecular weight excluding hydrogens is 202 g/mol. The molecule has 0 aromatic carbocycles. The van der Waals surface area contributed by atoms with Crippen LogP contribution in [0.3, 0.4) is 0 Å². The van der Waals surface area contributed by atoms with Crippen molar-refractivity contribution in [1.29, 1.82) is 10.5 Å². The van der Waals surface area contributed by atoms with Gasteiger partial charge in [-0.2, -0.15) is 10.5 Å². The summed E-state index contributed by atoms with van der Waals surface area (Å²) in [6.07, 6.45) is 4.94. The molecule has 0 bridgehead atoms. The van der Waals surface area contributed by atoms with Gasteiger partial charge in [0.25, 0.3) is 0 Å². The van der Waals surface area contributed by atoms with Crippen molar-refractivity contribution in [3.63, 3.8) is 0 Å². The predicted molar refractivity (Wildman–Crippen MR) is 59.7 cm³/mol. The molecule has 0 aliphatic carbocycles. The molecule has 0 radical (unpaired) electrons. The zero-order valence-corrected chi connectivity index (χ0v) is 9.14. The summed E-state index contributed by atoms with van der Waals surface area (Å²) in [6.45, 7) is 0. The Hall–Kier alpha value is -2.46. The van der Waals surface area contributed by atoms with Crippen molar-refractivity contribution in [3.05, 3.63) is 42.0 Å². The maximum absolute atomic E-state index is 8.84. The van der Waals surface area contributed by atoms with Gasteiger partial charge in [-0.3, -0.25) is 0 Å². The monoisotopic (exact) mass is 213 g/mol. The maximum atomic E-state index is 8.84. The molecule has 0 amide bonds. The van der Waals surface area contributed by atoms with E-state index in [1.807, 2.05) is 31.1 Å². The summed E-state index contributed by atoms with van der Waals surface area (Å²) in [5, 5.41) is 17.7. The zero-order valence-electron chi connectivity index (χ0n) is 9.14. The summed E-state index contributed by atoms with van der Waals surface area (Å²) in [5.41, 5.74) is 0.525. The van der Waals surface area contributed by atoms with E-state index in [1.54, 1.807) is 24.4 Å². The fourth-order valence-corrected chi connectivity index (χ4v) is 1.09. The highest BCUT2D eigenvalue weighted by Gasteiger charge is 2.08. The van der Waals surface area contributed by atoms with Crippen molar-refractivity contribution in [3.8, 4) is 12.1 Å². The molecular formula is C12H11N3O. The van der Waals surface area contributed by atoms with Crippen molar-refractivity contribution in [2.75, 3.05) is 14.1 Å². The Balaban J connectivity index is 3.22. The van der Waals surface area contributed by atoms with Gasteiger partial charge in [0.1, 0.15) is 23.5 Å². The van der Waals surface area contributed by atoms with Gasteiger partial charge < -0.3 is 9.32 Å². The Labute approximate surface area is 94.3 Å². The second-order valence-corrected chi connectivity index (χ2v) is 3.27. The minimum Gasteiger partial charge on any atom is -0.464 e. The highest BCUT2D eigenvalue weighted by molar-refractivity contribution is 5.79. The van der Waals surface area contributed by atoms with Gasteiger partial charge in [0, 0.05) is 19.7 Å². The summed E-state index contributed by atoms with van der Waals surface area (Å²) >= 11 is 0. The molecule has 0 unspecified atom stereocenters. The summed E-state index contributed by atoms with van der Waals surface area (Å²) in [5.74, 6) is 0.510. The van der Waals surface area contributed by atoms with Crippen LogP contribution < -0.4 is 0 Å². The first-order valence-electron chi connectivity index (χ1n) is 4.62. The summed E-state index contributed by atoms with van der Waals surface area (Å²) in [6, 6.07) is 7.13. The van der Waals surface area contributed by atoms with Crippen molar-refractivity contribution < 1.29 is 4.42 Å². The van der Waals surface area contributed by atoms with Crippen LogP contribution in [0.4, 0.5) is 0 Å². The Morgan fingerprint density at radius 3 is 2.50 bits per heavy atom. The van der Waals surface area contributed by atoms with Crippen LogP contribution in [0.25, 0.3) is 5.57 Å². The predicted octanol–water partition coefficient (Wildman–Crippen LogP) is 2.16. The maximum Gasteiger partial charge on any atom is 0.140 e. The topological polar surface area (TPSA) is 64.0 Å². The zero-order chi connectivity index (χ0) is 12.0. The Morgan fingerprint density at radius 2 is 2.06 bits per heavy atom. The molecule has 0 aliphatic heterocycles. The number of furan rings is 1. The minimum atomic E-state index is 0.0352. The first kappa shape index (κ1) is 11.6. The molecule has 0 saturated carbocycles. The van der Waals surface area contributed by atoms with E-state index < -0.39 is 0 Å². The van der Waals surface area contributed by atoms with E-state index in [1.165, 1.54) is 6.26 Å². The molecule has 1 rings (SSSR count). The molecule has 1 heterocycles. The first-order chi connectivity index (χ1) is 7.69. The van der Waals surface area contributed by atoms with Gasteiger partial charge in [0.05, 0.1) is 6.26 Å². The second-order valence-electron chi connectivity index (χ2n) is 3.27. The molecule has 0 saturated heterocycles. The molecule has 1 aromatic rings. The third-order valence-corrected chi connectivity index (χ3v) is 1.82. The fraction of sp³-hybridized carbons (Fsp3) is 0.167. The van der Waals surface area contributed by atoms with Crippen LogP contribution in [0.1, 0.15) is 5.76 Å². The SMILES string of the molecule is CN(C)/C=C/C(=C(C#N)C#N)c1ccco1. The lowest BCUT2D eigenvalue weighted by atomic mass is 10.1. The number of nitriles is 2. The molecule has 80 valence electrons. The van der Waals surface area contributed by atoms with E-state index in [9.17, 15) is 0 Å². The third-order valence-electron chi connectivity index (χ3n) is 1.82. The molecule has 1 aromatic heterocycles. The minimum absolute atomic E-state index is 0.0352. The van der Waals surface area contributed by atoms with Crippen molar-refractivity contribution in [1.82, 2.24) is 4.90 Å². The van der Waals surface area contributed by atoms with E-state index in [0.717, 1.165) is 0 Å². The van der Waals surface area contributed by atoms with Gasteiger partial charge in [-0.25, -0.2) is 0 Å². The van der Waals surface area contributed by atoms with E-state index in [2.05, 4.69) is 0 Å². The molecule has 0 N–H and O–H groups in total. The number of hydrogen-bond donors (Lipinski definition) is 0. The van der Waals surface area contributed by atoms with Gasteiger partial charge in [-0.05, 0) is 24.4 Å². The standard InChI is InChI=1S/C12H11N3O/c1-15(2)6-5-11(10(8-13)9-14)12-4-3-7-16-12/h3-7H,1-2H3/b6-5+. The second kappa shape index (κ2) is 5.43. The highest BCUT2D eigenvalue weighted by Crippen LogP contribution is 2.20. The van der Waals surface area contributed by atoms with E-state index in [0.29, 0.717) is 11.3 Å². The normalized spacial score (nSPS) is 9.50. The molecule has 0 atom stereocenters. The average molecular weight is 213 g/mol. The van der Waals surface area contributed by atoms with E-state index in [-0.39, 0.29) is 5.57 Å². The Bertz CT molecular complexity index is 465. The van der Waals surface area contributed by atoms with Crippen molar-refractivity contribution >= 4 is 5.57 Å². The Morgan fingerprint density at radius 1 is 1.38 bits per heavy atom. The lowest BCUT2D eigenvalue weighted by Crippen LogP contribution is -2.00. The van der Waals surface area contributed by atoms with Crippen molar-refractivity contribution in [2.24, 2.45) is 0 Å². The lowest BCUT2D eigenvalue weighted by Gasteiger charge is -2.04. The lowest BCUT2D eigenvalue weighted by molar-refractivity contribution is 0.551. The molecule has 4 heteroatoms. The first-order valence-corrected chi connectivity index (χ1v) is 4.62. The van der Waals surface area contributed by atoms with E-state index in [4.69, 9.17) is 14.9 Å². The van der Waals surface area contributed by atoms with Crippen molar-refractivity contribution in [2.45, 2.75) is 0 Å². The number of hydrogen-bond acceptors (Lipinski definition) is 4. The smallest absolute Gasteiger partial charge is 0.140 e. The number of rotatable bonds is 3. The summed E-state index contributed by atoms with van der Waals surface area (Å²) < 4.78 is 5.18. The Kier molecular flexibility index (Phi) is 3.94. The molecule has 0 fully saturated rings. The third kappa shape index (κ3) is 2.76. The molecule has 0 aliphatic rings. The van der Waals surface area contributed by atoms with Crippen LogP contribution in [0.5, 0.6) is 0 Å². The average Bonchev–Trinajstić information content (AvgIpc) is 2.77. The molecule has 0 spiro atoms. The van der Waals surface area contributed by atoms with Gasteiger partial charge >= 0.3 is 0 Å². The van der Waals surface area contributed by atoms with Crippen LogP contribution in [-0.4, -0.2) is 19.0 Å². The van der Waals surface area contributed by atoms with Crippen LogP contribution in [0.15, 0.2) is 40.7 Å². The quantitative estimate of drug-likeness (QED) is 0.570. The summed E-state index contributed by atoms with van der Waals surface area (Å²) in [7, 11) is 3.71. The molecule has 4 nitrogen and oxygen atoms in total. The summed E-state index contributed by atoms with van der Waals surface area (Å²) in [4.78, 5) is 1.81. The van der Waals surface area contributed by atoms with Crippen LogP contribution >= 0.6 is 0 Å².